The van der Waals surface area contributed by atoms with Crippen molar-refractivity contribution in [3.8, 4) is 5.75 Å². The van der Waals surface area contributed by atoms with Crippen LogP contribution in [-0.2, 0) is 16.4 Å². The van der Waals surface area contributed by atoms with Gasteiger partial charge in [-0.05, 0) is 36.8 Å². The van der Waals surface area contributed by atoms with Gasteiger partial charge in [0.25, 0.3) is 15.9 Å². The monoisotopic (exact) mass is 432 g/mol. The number of ether oxygens (including phenoxy) is 1. The van der Waals surface area contributed by atoms with Crippen LogP contribution >= 0.6 is 11.3 Å². The van der Waals surface area contributed by atoms with Crippen molar-refractivity contribution in [2.45, 2.75) is 24.7 Å². The van der Waals surface area contributed by atoms with Crippen molar-refractivity contribution in [1.82, 2.24) is 10.2 Å². The maximum absolute atomic E-state index is 12.8. The first-order valence-electron chi connectivity index (χ1n) is 8.82. The summed E-state index contributed by atoms with van der Waals surface area (Å²) in [5.41, 5.74) is 0.502. The molecule has 1 heterocycles. The number of hydrogen-bond acceptors (Lipinski definition) is 7. The number of sulfonamides is 1. The van der Waals surface area contributed by atoms with Crippen LogP contribution in [0, 0.1) is 0 Å². The maximum Gasteiger partial charge on any atom is 0.262 e. The Morgan fingerprint density at radius 1 is 1.14 bits per heavy atom. The number of rotatable bonds is 8. The third-order valence-electron chi connectivity index (χ3n) is 3.91. The third kappa shape index (κ3) is 5.09. The molecule has 3 rings (SSSR count). The number of methoxy groups -OCH3 is 1. The molecule has 0 aliphatic rings. The summed E-state index contributed by atoms with van der Waals surface area (Å²) in [4.78, 5) is 12.5. The molecule has 0 radical (unpaired) electrons. The molecule has 152 valence electrons. The first-order valence-corrected chi connectivity index (χ1v) is 11.1. The van der Waals surface area contributed by atoms with Gasteiger partial charge in [0, 0.05) is 12.0 Å². The summed E-state index contributed by atoms with van der Waals surface area (Å²) in [5.74, 6) is -0.0670. The summed E-state index contributed by atoms with van der Waals surface area (Å²) in [6.45, 7) is 2.03. The van der Waals surface area contributed by atoms with Gasteiger partial charge in [0.05, 0.1) is 17.7 Å². The number of benzene rings is 2. The number of nitrogens with one attached hydrogen (secondary N) is 2. The van der Waals surface area contributed by atoms with Crippen LogP contribution < -0.4 is 14.8 Å². The highest BCUT2D eigenvalue weighted by Crippen LogP contribution is 2.26. The van der Waals surface area contributed by atoms with Gasteiger partial charge < -0.3 is 4.74 Å². The van der Waals surface area contributed by atoms with Crippen molar-refractivity contribution in [2.24, 2.45) is 0 Å². The fraction of sp³-hybridized carbons (Fsp3) is 0.211. The van der Waals surface area contributed by atoms with Crippen LogP contribution in [0.1, 0.15) is 28.7 Å². The molecule has 0 aliphatic heterocycles. The van der Waals surface area contributed by atoms with Crippen molar-refractivity contribution in [3.63, 3.8) is 0 Å². The molecule has 1 aromatic heterocycles. The fourth-order valence-electron chi connectivity index (χ4n) is 2.53. The fourth-order valence-corrected chi connectivity index (χ4v) is 4.48. The zero-order valence-electron chi connectivity index (χ0n) is 15.9. The standard InChI is InChI=1S/C19H20N4O4S2/c1-3-7-17-21-22-19(28-17)20-18(24)13-8-6-9-14(12-13)29(25,26)23-15-10-4-5-11-16(15)27-2/h4-6,8-12,23H,3,7H2,1-2H3,(H,20,22,24). The predicted octanol–water partition coefficient (Wildman–Crippen LogP) is 3.55. The highest BCUT2D eigenvalue weighted by molar-refractivity contribution is 7.92. The largest absolute Gasteiger partial charge is 0.495 e. The van der Waals surface area contributed by atoms with Crippen molar-refractivity contribution in [2.75, 3.05) is 17.1 Å². The van der Waals surface area contributed by atoms with E-state index in [2.05, 4.69) is 20.2 Å². The number of para-hydroxylation sites is 2. The molecule has 0 spiro atoms. The number of aryl methyl sites for hydroxylation is 1. The van der Waals surface area contributed by atoms with E-state index in [1.165, 1.54) is 42.7 Å². The molecule has 1 amide bonds. The van der Waals surface area contributed by atoms with E-state index in [4.69, 9.17) is 4.74 Å². The lowest BCUT2D eigenvalue weighted by molar-refractivity contribution is 0.102. The van der Waals surface area contributed by atoms with E-state index in [9.17, 15) is 13.2 Å². The Hall–Kier alpha value is -2.98. The van der Waals surface area contributed by atoms with Gasteiger partial charge in [-0.3, -0.25) is 14.8 Å². The van der Waals surface area contributed by atoms with Crippen molar-refractivity contribution in [1.29, 1.82) is 0 Å². The van der Waals surface area contributed by atoms with Gasteiger partial charge in [-0.25, -0.2) is 8.42 Å². The molecule has 0 fully saturated rings. The van der Waals surface area contributed by atoms with E-state index in [0.717, 1.165) is 17.8 Å². The Bertz CT molecular complexity index is 1110. The van der Waals surface area contributed by atoms with Gasteiger partial charge in [-0.2, -0.15) is 0 Å². The summed E-state index contributed by atoms with van der Waals surface area (Å²) in [7, 11) is -2.46. The van der Waals surface area contributed by atoms with Gasteiger partial charge in [0.15, 0.2) is 0 Å². The second-order valence-electron chi connectivity index (χ2n) is 6.04. The molecule has 0 bridgehead atoms. The highest BCUT2D eigenvalue weighted by Gasteiger charge is 2.19. The van der Waals surface area contributed by atoms with Crippen LogP contribution in [0.2, 0.25) is 0 Å². The van der Waals surface area contributed by atoms with Gasteiger partial charge in [-0.15, -0.1) is 10.2 Å². The summed E-state index contributed by atoms with van der Waals surface area (Å²) < 4.78 is 33.2. The van der Waals surface area contributed by atoms with Crippen molar-refractivity contribution in [3.05, 3.63) is 59.1 Å². The number of carbonyl (C=O) groups excluding carboxylic acids is 1. The highest BCUT2D eigenvalue weighted by atomic mass is 32.2. The number of anilines is 2. The van der Waals surface area contributed by atoms with E-state index in [1.807, 2.05) is 6.92 Å². The molecule has 0 saturated heterocycles. The van der Waals surface area contributed by atoms with E-state index >= 15 is 0 Å². The molecule has 10 heteroatoms. The molecular formula is C19H20N4O4S2. The van der Waals surface area contributed by atoms with Crippen LogP contribution in [0.15, 0.2) is 53.4 Å². The smallest absolute Gasteiger partial charge is 0.262 e. The summed E-state index contributed by atoms with van der Waals surface area (Å²) in [5, 5.41) is 11.8. The van der Waals surface area contributed by atoms with Crippen LogP contribution in [0.3, 0.4) is 0 Å². The number of aromatic nitrogens is 2. The second-order valence-corrected chi connectivity index (χ2v) is 8.78. The third-order valence-corrected chi connectivity index (χ3v) is 6.17. The Labute approximate surface area is 173 Å². The minimum Gasteiger partial charge on any atom is -0.495 e. The van der Waals surface area contributed by atoms with E-state index in [1.54, 1.807) is 24.3 Å². The summed E-state index contributed by atoms with van der Waals surface area (Å²) >= 11 is 1.30. The van der Waals surface area contributed by atoms with Crippen molar-refractivity contribution >= 4 is 38.1 Å². The average molecular weight is 433 g/mol. The zero-order valence-corrected chi connectivity index (χ0v) is 17.5. The number of carbonyl (C=O) groups is 1. The number of amides is 1. The van der Waals surface area contributed by atoms with Crippen LogP contribution in [0.25, 0.3) is 0 Å². The van der Waals surface area contributed by atoms with Crippen LogP contribution in [0.4, 0.5) is 10.8 Å². The molecule has 0 atom stereocenters. The first kappa shape index (κ1) is 20.7. The van der Waals surface area contributed by atoms with Crippen LogP contribution in [0.5, 0.6) is 5.75 Å². The van der Waals surface area contributed by atoms with Gasteiger partial charge in [-0.1, -0.05) is 36.5 Å². The van der Waals surface area contributed by atoms with E-state index in [0.29, 0.717) is 16.6 Å². The van der Waals surface area contributed by atoms with Gasteiger partial charge >= 0.3 is 0 Å². The predicted molar refractivity (Wildman–Crippen MR) is 112 cm³/mol. The van der Waals surface area contributed by atoms with E-state index in [-0.39, 0.29) is 10.5 Å². The normalized spacial score (nSPS) is 11.1. The molecule has 2 aromatic carbocycles. The minimum atomic E-state index is -3.91. The number of nitrogens with zero attached hydrogens (tertiary/aromatic N) is 2. The van der Waals surface area contributed by atoms with Crippen molar-refractivity contribution < 1.29 is 17.9 Å². The molecular weight excluding hydrogens is 412 g/mol. The lowest BCUT2D eigenvalue weighted by Gasteiger charge is -2.12. The van der Waals surface area contributed by atoms with Gasteiger partial charge in [0.2, 0.25) is 5.13 Å². The summed E-state index contributed by atoms with van der Waals surface area (Å²) in [6, 6.07) is 12.4. The molecule has 8 nitrogen and oxygen atoms in total. The Morgan fingerprint density at radius 3 is 2.69 bits per heavy atom. The van der Waals surface area contributed by atoms with Crippen LogP contribution in [-0.4, -0.2) is 31.6 Å². The molecule has 0 unspecified atom stereocenters. The minimum absolute atomic E-state index is 0.0417. The quantitative estimate of drug-likeness (QED) is 0.563. The summed E-state index contributed by atoms with van der Waals surface area (Å²) in [6.07, 6.45) is 1.72. The molecule has 0 saturated carbocycles. The Morgan fingerprint density at radius 2 is 1.93 bits per heavy atom. The second kappa shape index (κ2) is 9.01. The Balaban J connectivity index is 1.79. The maximum atomic E-state index is 12.8. The number of hydrogen-bond donors (Lipinski definition) is 2. The molecule has 0 aliphatic carbocycles. The topological polar surface area (TPSA) is 110 Å². The molecule has 3 aromatic rings. The first-order chi connectivity index (χ1) is 13.9. The van der Waals surface area contributed by atoms with E-state index < -0.39 is 15.9 Å². The van der Waals surface area contributed by atoms with Gasteiger partial charge in [0.1, 0.15) is 10.8 Å². The lowest BCUT2D eigenvalue weighted by Crippen LogP contribution is -2.16. The average Bonchev–Trinajstić information content (AvgIpc) is 3.15. The zero-order chi connectivity index (χ0) is 20.9. The SMILES string of the molecule is CCCc1nnc(NC(=O)c2cccc(S(=O)(=O)Nc3ccccc3OC)c2)s1. The molecule has 2 N–H and O–H groups in total. The molecule has 29 heavy (non-hydrogen) atoms. The Kier molecular flexibility index (Phi) is 6.45. The lowest BCUT2D eigenvalue weighted by atomic mass is 10.2.